The largest absolute Gasteiger partial charge is 0.385 e. The summed E-state index contributed by atoms with van der Waals surface area (Å²) in [5, 5.41) is 3.18. The zero-order valence-corrected chi connectivity index (χ0v) is 9.36. The van der Waals surface area contributed by atoms with Crippen LogP contribution >= 0.6 is 7.60 Å². The lowest BCUT2D eigenvalue weighted by Crippen LogP contribution is -2.02. The molecule has 3 N–H and O–H groups in total. The van der Waals surface area contributed by atoms with Gasteiger partial charge in [0, 0.05) is 18.4 Å². The molecule has 0 bridgehead atoms. The lowest BCUT2D eigenvalue weighted by molar-refractivity contribution is 0.371. The molecule has 1 aromatic rings. The maximum absolute atomic E-state index is 10.5. The van der Waals surface area contributed by atoms with E-state index in [1.165, 1.54) is 0 Å². The molecule has 0 fully saturated rings. The van der Waals surface area contributed by atoms with Crippen molar-refractivity contribution in [2.45, 2.75) is 12.8 Å². The highest BCUT2D eigenvalue weighted by atomic mass is 31.2. The molecule has 1 rings (SSSR count). The van der Waals surface area contributed by atoms with Crippen LogP contribution in [-0.4, -0.2) is 22.5 Å². The third-order valence-corrected chi connectivity index (χ3v) is 2.88. The Balaban J connectivity index is 2.10. The molecule has 15 heavy (non-hydrogen) atoms. The second-order valence-corrected chi connectivity index (χ2v) is 5.16. The first kappa shape index (κ1) is 12.2. The van der Waals surface area contributed by atoms with Crippen LogP contribution in [0.15, 0.2) is 30.3 Å². The smallest absolute Gasteiger partial charge is 0.325 e. The zero-order valence-electron chi connectivity index (χ0n) is 8.47. The SMILES string of the molecule is O=P(O)(O)CCCCNc1ccccc1. The maximum atomic E-state index is 10.5. The summed E-state index contributed by atoms with van der Waals surface area (Å²) in [6.07, 6.45) is 1.29. The van der Waals surface area contributed by atoms with E-state index in [9.17, 15) is 4.57 Å². The van der Waals surface area contributed by atoms with Gasteiger partial charge in [0.2, 0.25) is 0 Å². The molecule has 0 aliphatic heterocycles. The molecule has 5 heteroatoms. The van der Waals surface area contributed by atoms with Crippen LogP contribution in [0.5, 0.6) is 0 Å². The van der Waals surface area contributed by atoms with E-state index in [2.05, 4.69) is 5.32 Å². The summed E-state index contributed by atoms with van der Waals surface area (Å²) in [7, 11) is -3.81. The molecule has 0 atom stereocenters. The summed E-state index contributed by atoms with van der Waals surface area (Å²) in [5.74, 6) is 0. The molecule has 1 aromatic carbocycles. The van der Waals surface area contributed by atoms with Gasteiger partial charge in [-0.3, -0.25) is 4.57 Å². The summed E-state index contributed by atoms with van der Waals surface area (Å²) in [6, 6.07) is 9.75. The van der Waals surface area contributed by atoms with Gasteiger partial charge in [0.1, 0.15) is 0 Å². The number of hydrogen-bond acceptors (Lipinski definition) is 2. The van der Waals surface area contributed by atoms with Gasteiger partial charge >= 0.3 is 7.60 Å². The van der Waals surface area contributed by atoms with E-state index in [4.69, 9.17) is 9.79 Å². The summed E-state index contributed by atoms with van der Waals surface area (Å²) in [5.41, 5.74) is 1.04. The van der Waals surface area contributed by atoms with Gasteiger partial charge in [-0.15, -0.1) is 0 Å². The minimum atomic E-state index is -3.81. The molecule has 0 saturated heterocycles. The fourth-order valence-electron chi connectivity index (χ4n) is 1.23. The first-order chi connectivity index (χ1) is 7.08. The van der Waals surface area contributed by atoms with Gasteiger partial charge in [0.05, 0.1) is 0 Å². The molecule has 84 valence electrons. The Hall–Kier alpha value is -0.830. The first-order valence-corrected chi connectivity index (χ1v) is 6.71. The van der Waals surface area contributed by atoms with Crippen molar-refractivity contribution in [1.29, 1.82) is 0 Å². The topological polar surface area (TPSA) is 69.6 Å². The van der Waals surface area contributed by atoms with E-state index < -0.39 is 7.60 Å². The second kappa shape index (κ2) is 5.91. The van der Waals surface area contributed by atoms with Crippen molar-refractivity contribution in [3.05, 3.63) is 30.3 Å². The first-order valence-electron chi connectivity index (χ1n) is 4.91. The van der Waals surface area contributed by atoms with E-state index >= 15 is 0 Å². The normalized spacial score (nSPS) is 11.3. The minimum Gasteiger partial charge on any atom is -0.385 e. The number of para-hydroxylation sites is 1. The Morgan fingerprint density at radius 3 is 2.40 bits per heavy atom. The quantitative estimate of drug-likeness (QED) is 0.516. The van der Waals surface area contributed by atoms with Gasteiger partial charge in [-0.2, -0.15) is 0 Å². The fourth-order valence-corrected chi connectivity index (χ4v) is 1.87. The number of rotatable bonds is 6. The van der Waals surface area contributed by atoms with Gasteiger partial charge in [-0.05, 0) is 25.0 Å². The molecule has 0 saturated carbocycles. The van der Waals surface area contributed by atoms with Gasteiger partial charge < -0.3 is 15.1 Å². The number of hydrogen-bond donors (Lipinski definition) is 3. The van der Waals surface area contributed by atoms with E-state index in [-0.39, 0.29) is 6.16 Å². The Morgan fingerprint density at radius 2 is 1.80 bits per heavy atom. The predicted octanol–water partition coefficient (Wildman–Crippen LogP) is 2.06. The molecule has 0 heterocycles. The monoisotopic (exact) mass is 229 g/mol. The second-order valence-electron chi connectivity index (χ2n) is 3.39. The Morgan fingerprint density at radius 1 is 1.13 bits per heavy atom. The van der Waals surface area contributed by atoms with Crippen molar-refractivity contribution in [2.24, 2.45) is 0 Å². The molecule has 0 aliphatic carbocycles. The van der Waals surface area contributed by atoms with Crippen molar-refractivity contribution < 1.29 is 14.4 Å². The lowest BCUT2D eigenvalue weighted by atomic mass is 10.3. The highest BCUT2D eigenvalue weighted by molar-refractivity contribution is 7.51. The summed E-state index contributed by atoms with van der Waals surface area (Å²) >= 11 is 0. The van der Waals surface area contributed by atoms with Crippen LogP contribution in [-0.2, 0) is 4.57 Å². The van der Waals surface area contributed by atoms with Gasteiger partial charge in [-0.25, -0.2) is 0 Å². The van der Waals surface area contributed by atoms with E-state index in [0.717, 1.165) is 18.7 Å². The predicted molar refractivity (Wildman–Crippen MR) is 61.1 cm³/mol. The van der Waals surface area contributed by atoms with Crippen LogP contribution in [0.1, 0.15) is 12.8 Å². The molecule has 4 nitrogen and oxygen atoms in total. The van der Waals surface area contributed by atoms with Crippen molar-refractivity contribution in [2.75, 3.05) is 18.0 Å². The van der Waals surface area contributed by atoms with Crippen molar-refractivity contribution in [1.82, 2.24) is 0 Å². The molecule has 0 aromatic heterocycles. The highest BCUT2D eigenvalue weighted by Gasteiger charge is 2.10. The molecule has 0 unspecified atom stereocenters. The Labute approximate surface area is 89.5 Å². The average Bonchev–Trinajstić information content (AvgIpc) is 2.17. The number of benzene rings is 1. The van der Waals surface area contributed by atoms with Crippen molar-refractivity contribution >= 4 is 13.3 Å². The molecule has 0 aliphatic rings. The maximum Gasteiger partial charge on any atom is 0.325 e. The van der Waals surface area contributed by atoms with Crippen LogP contribution in [0.3, 0.4) is 0 Å². The van der Waals surface area contributed by atoms with E-state index in [0.29, 0.717) is 6.42 Å². The van der Waals surface area contributed by atoms with Crippen LogP contribution in [0.25, 0.3) is 0 Å². The third-order valence-electron chi connectivity index (χ3n) is 1.98. The van der Waals surface area contributed by atoms with Crippen molar-refractivity contribution in [3.63, 3.8) is 0 Å². The van der Waals surface area contributed by atoms with Gasteiger partial charge in [-0.1, -0.05) is 18.2 Å². The Kier molecular flexibility index (Phi) is 4.82. The van der Waals surface area contributed by atoms with Crippen LogP contribution in [0.2, 0.25) is 0 Å². The molecular formula is C10H16NO3P. The third kappa shape index (κ3) is 6.28. The van der Waals surface area contributed by atoms with Crippen molar-refractivity contribution in [3.8, 4) is 0 Å². The number of unbranched alkanes of at least 4 members (excludes halogenated alkanes) is 1. The zero-order chi connectivity index (χ0) is 11.1. The van der Waals surface area contributed by atoms with Gasteiger partial charge in [0.15, 0.2) is 0 Å². The fraction of sp³-hybridized carbons (Fsp3) is 0.400. The molecule has 0 radical (unpaired) electrons. The van der Waals surface area contributed by atoms with E-state index in [1.807, 2.05) is 30.3 Å². The molecule has 0 spiro atoms. The van der Waals surface area contributed by atoms with Crippen LogP contribution in [0.4, 0.5) is 5.69 Å². The van der Waals surface area contributed by atoms with Gasteiger partial charge in [0.25, 0.3) is 0 Å². The van der Waals surface area contributed by atoms with Crippen LogP contribution < -0.4 is 5.32 Å². The molecular weight excluding hydrogens is 213 g/mol. The summed E-state index contributed by atoms with van der Waals surface area (Å²) in [6.45, 7) is 0.740. The highest BCUT2D eigenvalue weighted by Crippen LogP contribution is 2.35. The standard InChI is InChI=1S/C10H16NO3P/c12-15(13,14)9-5-4-8-11-10-6-2-1-3-7-10/h1-3,6-7,11H,4-5,8-9H2,(H2,12,13,14). The average molecular weight is 229 g/mol. The lowest BCUT2D eigenvalue weighted by Gasteiger charge is -2.06. The van der Waals surface area contributed by atoms with E-state index in [1.54, 1.807) is 0 Å². The number of anilines is 1. The number of nitrogens with one attached hydrogen (secondary N) is 1. The molecule has 0 amide bonds. The minimum absolute atomic E-state index is 0.0243. The summed E-state index contributed by atoms with van der Waals surface area (Å²) in [4.78, 5) is 17.2. The van der Waals surface area contributed by atoms with Crippen LogP contribution in [0, 0.1) is 0 Å². The Bertz CT molecular complexity index is 323. The summed E-state index contributed by atoms with van der Waals surface area (Å²) < 4.78 is 10.5.